The summed E-state index contributed by atoms with van der Waals surface area (Å²) in [6, 6.07) is -0.0871. The lowest BCUT2D eigenvalue weighted by Gasteiger charge is -2.29. The van der Waals surface area contributed by atoms with E-state index >= 15 is 0 Å². The Morgan fingerprint density at radius 1 is 1.28 bits per heavy atom. The Labute approximate surface area is 145 Å². The van der Waals surface area contributed by atoms with Gasteiger partial charge < -0.3 is 14.2 Å². The van der Waals surface area contributed by atoms with E-state index < -0.39 is 11.8 Å². The van der Waals surface area contributed by atoms with Crippen LogP contribution in [0.4, 0.5) is 8.78 Å². The Balaban J connectivity index is 1.65. The minimum absolute atomic E-state index is 0.0871. The highest BCUT2D eigenvalue weighted by Gasteiger charge is 2.44. The first-order valence-electron chi connectivity index (χ1n) is 8.67. The summed E-state index contributed by atoms with van der Waals surface area (Å²) < 4.78 is 32.1. The van der Waals surface area contributed by atoms with Crippen LogP contribution in [0.1, 0.15) is 49.1 Å². The van der Waals surface area contributed by atoms with Crippen molar-refractivity contribution >= 4 is 11.8 Å². The number of amides is 2. The molecule has 2 aliphatic rings. The number of carbonyl (C=O) groups excluding carboxylic acids is 2. The predicted octanol–water partition coefficient (Wildman–Crippen LogP) is 2.48. The fraction of sp³-hybridized carbons (Fsp3) is 0.706. The number of rotatable bonds is 2. The van der Waals surface area contributed by atoms with Gasteiger partial charge in [-0.1, -0.05) is 0 Å². The summed E-state index contributed by atoms with van der Waals surface area (Å²) in [5, 5.41) is 0. The van der Waals surface area contributed by atoms with Crippen molar-refractivity contribution in [3.63, 3.8) is 0 Å². The summed E-state index contributed by atoms with van der Waals surface area (Å²) in [5.41, 5.74) is 0. The number of aromatic nitrogens is 1. The van der Waals surface area contributed by atoms with Crippen molar-refractivity contribution in [2.24, 2.45) is 5.92 Å². The van der Waals surface area contributed by atoms with E-state index in [9.17, 15) is 18.4 Å². The molecule has 1 aromatic heterocycles. The molecule has 2 heterocycles. The van der Waals surface area contributed by atoms with Crippen molar-refractivity contribution in [3.8, 4) is 0 Å². The number of oxazole rings is 1. The topological polar surface area (TPSA) is 66.7 Å². The predicted molar refractivity (Wildman–Crippen MR) is 85.2 cm³/mol. The van der Waals surface area contributed by atoms with Crippen LogP contribution in [-0.2, 0) is 4.79 Å². The number of alkyl halides is 2. The summed E-state index contributed by atoms with van der Waals surface area (Å²) >= 11 is 0. The fourth-order valence-electron chi connectivity index (χ4n) is 3.60. The second-order valence-corrected chi connectivity index (χ2v) is 7.00. The average Bonchev–Trinajstić information content (AvgIpc) is 3.08. The Kier molecular flexibility index (Phi) is 4.79. The molecule has 25 heavy (non-hydrogen) atoms. The molecule has 2 amide bonds. The van der Waals surface area contributed by atoms with Crippen molar-refractivity contribution in [1.82, 2.24) is 14.8 Å². The molecule has 1 saturated carbocycles. The van der Waals surface area contributed by atoms with Gasteiger partial charge in [-0.2, -0.15) is 0 Å². The highest BCUT2D eigenvalue weighted by atomic mass is 19.3. The maximum absolute atomic E-state index is 13.4. The Morgan fingerprint density at radius 2 is 2.04 bits per heavy atom. The van der Waals surface area contributed by atoms with Crippen LogP contribution < -0.4 is 0 Å². The quantitative estimate of drug-likeness (QED) is 0.817. The van der Waals surface area contributed by atoms with Crippen LogP contribution in [0.5, 0.6) is 0 Å². The van der Waals surface area contributed by atoms with E-state index in [0.717, 1.165) is 0 Å². The van der Waals surface area contributed by atoms with E-state index in [1.165, 1.54) is 6.20 Å². The third-order valence-corrected chi connectivity index (χ3v) is 5.11. The van der Waals surface area contributed by atoms with Crippen molar-refractivity contribution in [3.05, 3.63) is 17.8 Å². The summed E-state index contributed by atoms with van der Waals surface area (Å²) in [5.74, 6) is -3.21. The van der Waals surface area contributed by atoms with Gasteiger partial charge >= 0.3 is 0 Å². The molecule has 3 rings (SSSR count). The highest BCUT2D eigenvalue weighted by molar-refractivity contribution is 5.91. The van der Waals surface area contributed by atoms with Crippen LogP contribution in [0.15, 0.2) is 10.6 Å². The Bertz CT molecular complexity index is 661. The molecular weight excluding hydrogens is 332 g/mol. The molecule has 6 nitrogen and oxygen atoms in total. The average molecular weight is 355 g/mol. The molecule has 0 N–H and O–H groups in total. The monoisotopic (exact) mass is 355 g/mol. The normalized spacial score (nSPS) is 26.6. The van der Waals surface area contributed by atoms with Gasteiger partial charge in [0.15, 0.2) is 5.89 Å². The molecule has 8 heteroatoms. The van der Waals surface area contributed by atoms with Gasteiger partial charge in [-0.05, 0) is 19.8 Å². The highest BCUT2D eigenvalue weighted by Crippen LogP contribution is 2.40. The second-order valence-electron chi connectivity index (χ2n) is 7.00. The van der Waals surface area contributed by atoms with E-state index in [-0.39, 0.29) is 42.9 Å². The van der Waals surface area contributed by atoms with Gasteiger partial charge in [0.1, 0.15) is 0 Å². The van der Waals surface area contributed by atoms with Crippen LogP contribution in [-0.4, -0.2) is 58.2 Å². The molecule has 1 saturated heterocycles. The van der Waals surface area contributed by atoms with Crippen LogP contribution in [0.2, 0.25) is 0 Å². The standard InChI is InChI=1S/C17H23F2N3O3/c1-11-4-6-21(16(24)14-10-20-12(2)25-14)7-8-22(11)15(23)13-3-5-17(18,19)9-13/h10-11,13H,3-9H2,1-2H3. The number of halogens is 2. The molecule has 1 aliphatic carbocycles. The minimum Gasteiger partial charge on any atom is -0.436 e. The van der Waals surface area contributed by atoms with E-state index in [1.54, 1.807) is 16.7 Å². The molecule has 2 unspecified atom stereocenters. The zero-order valence-corrected chi connectivity index (χ0v) is 14.5. The van der Waals surface area contributed by atoms with Gasteiger partial charge in [0, 0.05) is 51.4 Å². The smallest absolute Gasteiger partial charge is 0.291 e. The third-order valence-electron chi connectivity index (χ3n) is 5.11. The van der Waals surface area contributed by atoms with E-state index in [4.69, 9.17) is 4.42 Å². The molecule has 0 aromatic carbocycles. The molecule has 2 fully saturated rings. The maximum atomic E-state index is 13.4. The summed E-state index contributed by atoms with van der Waals surface area (Å²) in [4.78, 5) is 32.4. The van der Waals surface area contributed by atoms with E-state index in [1.807, 2.05) is 6.92 Å². The lowest BCUT2D eigenvalue weighted by atomic mass is 10.0. The molecule has 1 aromatic rings. The lowest BCUT2D eigenvalue weighted by Crippen LogP contribution is -2.43. The van der Waals surface area contributed by atoms with Crippen LogP contribution in [0.3, 0.4) is 0 Å². The second kappa shape index (κ2) is 6.72. The van der Waals surface area contributed by atoms with Crippen molar-refractivity contribution in [2.75, 3.05) is 19.6 Å². The van der Waals surface area contributed by atoms with Gasteiger partial charge in [0.25, 0.3) is 5.91 Å². The Hall–Kier alpha value is -1.99. The van der Waals surface area contributed by atoms with Gasteiger partial charge in [-0.3, -0.25) is 9.59 Å². The SMILES string of the molecule is Cc1ncc(C(=O)N2CCC(C)N(C(=O)C3CCC(F)(F)C3)CC2)o1. The molecule has 138 valence electrons. The van der Waals surface area contributed by atoms with Crippen molar-refractivity contribution in [2.45, 2.75) is 51.5 Å². The van der Waals surface area contributed by atoms with Gasteiger partial charge in [0.2, 0.25) is 17.6 Å². The largest absolute Gasteiger partial charge is 0.436 e. The number of hydrogen-bond donors (Lipinski definition) is 0. The molecule has 1 aliphatic heterocycles. The number of aryl methyl sites for hydroxylation is 1. The number of carbonyl (C=O) groups is 2. The molecule has 0 bridgehead atoms. The first kappa shape index (κ1) is 17.8. The molecular formula is C17H23F2N3O3. The molecule has 0 spiro atoms. The van der Waals surface area contributed by atoms with Crippen LogP contribution in [0.25, 0.3) is 0 Å². The summed E-state index contributed by atoms with van der Waals surface area (Å²) in [7, 11) is 0. The maximum Gasteiger partial charge on any atom is 0.291 e. The van der Waals surface area contributed by atoms with Gasteiger partial charge in [-0.15, -0.1) is 0 Å². The Morgan fingerprint density at radius 3 is 2.64 bits per heavy atom. The fourth-order valence-corrected chi connectivity index (χ4v) is 3.60. The summed E-state index contributed by atoms with van der Waals surface area (Å²) in [6.45, 7) is 4.76. The van der Waals surface area contributed by atoms with E-state index in [2.05, 4.69) is 4.98 Å². The molecule has 0 radical (unpaired) electrons. The first-order valence-corrected chi connectivity index (χ1v) is 8.67. The minimum atomic E-state index is -2.73. The number of hydrogen-bond acceptors (Lipinski definition) is 4. The third kappa shape index (κ3) is 3.82. The van der Waals surface area contributed by atoms with Gasteiger partial charge in [-0.25, -0.2) is 13.8 Å². The zero-order valence-electron chi connectivity index (χ0n) is 14.5. The van der Waals surface area contributed by atoms with Crippen LogP contribution >= 0.6 is 0 Å². The zero-order chi connectivity index (χ0) is 18.2. The molecule has 2 atom stereocenters. The van der Waals surface area contributed by atoms with Crippen LogP contribution in [0, 0.1) is 12.8 Å². The van der Waals surface area contributed by atoms with Gasteiger partial charge in [0.05, 0.1) is 6.20 Å². The lowest BCUT2D eigenvalue weighted by molar-refractivity contribution is -0.138. The van der Waals surface area contributed by atoms with Crippen molar-refractivity contribution in [1.29, 1.82) is 0 Å². The van der Waals surface area contributed by atoms with Crippen molar-refractivity contribution < 1.29 is 22.8 Å². The van der Waals surface area contributed by atoms with E-state index in [0.29, 0.717) is 31.9 Å². The summed E-state index contributed by atoms with van der Waals surface area (Å²) in [6.07, 6.45) is 1.65. The first-order chi connectivity index (χ1) is 11.8. The number of nitrogens with zero attached hydrogens (tertiary/aromatic N) is 3.